The van der Waals surface area contributed by atoms with Crippen LogP contribution in [0.15, 0.2) is 12.1 Å². The number of hydrogen-bond donors (Lipinski definition) is 1. The first-order chi connectivity index (χ1) is 8.97. The minimum Gasteiger partial charge on any atom is -0.341 e. The number of benzene rings is 1. The average Bonchev–Trinajstić information content (AvgIpc) is 2.60. The second kappa shape index (κ2) is 5.33. The van der Waals surface area contributed by atoms with E-state index in [9.17, 15) is 9.59 Å². The van der Waals surface area contributed by atoms with Gasteiger partial charge in [-0.05, 0) is 25.0 Å². The van der Waals surface area contributed by atoms with Gasteiger partial charge >= 0.3 is 0 Å². The Morgan fingerprint density at radius 3 is 2.58 bits per heavy atom. The lowest BCUT2D eigenvalue weighted by Crippen LogP contribution is -2.37. The lowest BCUT2D eigenvalue weighted by molar-refractivity contribution is -0.126. The molecule has 1 aliphatic heterocycles. The summed E-state index contributed by atoms with van der Waals surface area (Å²) in [5.74, 6) is -0.243. The van der Waals surface area contributed by atoms with Crippen LogP contribution >= 0.6 is 15.9 Å². The number of aryl methyl sites for hydroxylation is 2. The first-order valence-electron chi connectivity index (χ1n) is 6.22. The standard InChI is InChI=1S/C14H17BrN2O2/c1-8-4-5-9(2)13-11(8)12(16-10(3)18)14(19)17(13)7-6-15/h4-5,12H,6-7H2,1-3H3,(H,16,18)/t12-/m0/s1. The van der Waals surface area contributed by atoms with Gasteiger partial charge in [0.15, 0.2) is 0 Å². The van der Waals surface area contributed by atoms with Crippen molar-refractivity contribution < 1.29 is 9.59 Å². The molecule has 0 saturated heterocycles. The van der Waals surface area contributed by atoms with E-state index in [4.69, 9.17) is 0 Å². The fourth-order valence-corrected chi connectivity index (χ4v) is 2.93. The molecule has 2 amide bonds. The number of alkyl halides is 1. The van der Waals surface area contributed by atoms with Crippen molar-refractivity contribution >= 4 is 33.4 Å². The normalized spacial score (nSPS) is 17.6. The van der Waals surface area contributed by atoms with E-state index in [1.807, 2.05) is 26.0 Å². The minimum atomic E-state index is -0.550. The van der Waals surface area contributed by atoms with Crippen LogP contribution in [0.3, 0.4) is 0 Å². The second-order valence-corrected chi connectivity index (χ2v) is 5.57. The summed E-state index contributed by atoms with van der Waals surface area (Å²) in [6.45, 7) is 6.00. The van der Waals surface area contributed by atoms with Gasteiger partial charge in [-0.1, -0.05) is 28.1 Å². The maximum atomic E-state index is 12.5. The van der Waals surface area contributed by atoms with Crippen LogP contribution in [0.1, 0.15) is 29.7 Å². The summed E-state index contributed by atoms with van der Waals surface area (Å²) in [5, 5.41) is 3.47. The summed E-state index contributed by atoms with van der Waals surface area (Å²) in [4.78, 5) is 25.6. The largest absolute Gasteiger partial charge is 0.341 e. The number of amides is 2. The van der Waals surface area contributed by atoms with E-state index >= 15 is 0 Å². The molecule has 0 bridgehead atoms. The minimum absolute atomic E-state index is 0.0537. The van der Waals surface area contributed by atoms with Crippen molar-refractivity contribution in [2.75, 3.05) is 16.8 Å². The first kappa shape index (κ1) is 14.1. The quantitative estimate of drug-likeness (QED) is 0.867. The summed E-state index contributed by atoms with van der Waals surface area (Å²) in [5.41, 5.74) is 3.97. The maximum Gasteiger partial charge on any atom is 0.254 e. The van der Waals surface area contributed by atoms with Crippen LogP contribution in [-0.2, 0) is 9.59 Å². The highest BCUT2D eigenvalue weighted by Crippen LogP contribution is 2.40. The summed E-state index contributed by atoms with van der Waals surface area (Å²) in [6, 6.07) is 3.46. The Bertz CT molecular complexity index is 542. The van der Waals surface area contributed by atoms with Crippen LogP contribution in [-0.4, -0.2) is 23.7 Å². The molecule has 2 rings (SSSR count). The molecule has 5 heteroatoms. The topological polar surface area (TPSA) is 49.4 Å². The van der Waals surface area contributed by atoms with Crippen molar-refractivity contribution in [3.8, 4) is 0 Å². The Labute approximate surface area is 121 Å². The van der Waals surface area contributed by atoms with Crippen LogP contribution < -0.4 is 10.2 Å². The summed E-state index contributed by atoms with van der Waals surface area (Å²) in [6.07, 6.45) is 0. The Hall–Kier alpha value is -1.36. The maximum absolute atomic E-state index is 12.5. The SMILES string of the molecule is CC(=O)N[C@@H]1C(=O)N(CCBr)c2c(C)ccc(C)c21. The third kappa shape index (κ3) is 2.39. The van der Waals surface area contributed by atoms with Gasteiger partial charge in [0.05, 0.1) is 5.69 Å². The Kier molecular flexibility index (Phi) is 3.94. The lowest BCUT2D eigenvalue weighted by Gasteiger charge is -2.18. The van der Waals surface area contributed by atoms with E-state index < -0.39 is 6.04 Å². The second-order valence-electron chi connectivity index (χ2n) is 4.77. The molecule has 1 heterocycles. The van der Waals surface area contributed by atoms with Crippen LogP contribution in [0.2, 0.25) is 0 Å². The van der Waals surface area contributed by atoms with Crippen LogP contribution in [0.25, 0.3) is 0 Å². The zero-order valence-corrected chi connectivity index (χ0v) is 12.9. The van der Waals surface area contributed by atoms with Gasteiger partial charge in [0, 0.05) is 24.4 Å². The third-order valence-corrected chi connectivity index (χ3v) is 3.72. The van der Waals surface area contributed by atoms with E-state index in [2.05, 4.69) is 21.2 Å². The molecule has 0 fully saturated rings. The van der Waals surface area contributed by atoms with Crippen molar-refractivity contribution in [1.82, 2.24) is 5.32 Å². The van der Waals surface area contributed by atoms with Gasteiger partial charge in [-0.15, -0.1) is 0 Å². The fourth-order valence-electron chi connectivity index (χ4n) is 2.57. The molecular formula is C14H17BrN2O2. The van der Waals surface area contributed by atoms with Crippen molar-refractivity contribution in [2.24, 2.45) is 0 Å². The molecule has 0 radical (unpaired) electrons. The monoisotopic (exact) mass is 324 g/mol. The van der Waals surface area contributed by atoms with Crippen LogP contribution in [0.5, 0.6) is 0 Å². The first-order valence-corrected chi connectivity index (χ1v) is 7.34. The highest BCUT2D eigenvalue weighted by atomic mass is 79.9. The predicted molar refractivity (Wildman–Crippen MR) is 78.6 cm³/mol. The van der Waals surface area contributed by atoms with Gasteiger partial charge in [0.25, 0.3) is 5.91 Å². The molecule has 0 unspecified atom stereocenters. The number of hydrogen-bond acceptors (Lipinski definition) is 2. The summed E-state index contributed by atoms with van der Waals surface area (Å²) >= 11 is 3.37. The molecular weight excluding hydrogens is 308 g/mol. The molecule has 0 aliphatic carbocycles. The fraction of sp³-hybridized carbons (Fsp3) is 0.429. The summed E-state index contributed by atoms with van der Waals surface area (Å²) < 4.78 is 0. The predicted octanol–water partition coefficient (Wildman–Crippen LogP) is 2.22. The molecule has 0 saturated carbocycles. The van der Waals surface area contributed by atoms with Gasteiger partial charge in [0.2, 0.25) is 5.91 Å². The summed E-state index contributed by atoms with van der Waals surface area (Å²) in [7, 11) is 0. The van der Waals surface area contributed by atoms with Gasteiger partial charge in [0.1, 0.15) is 6.04 Å². The van der Waals surface area contributed by atoms with E-state index in [1.54, 1.807) is 4.90 Å². The number of rotatable bonds is 3. The molecule has 1 aliphatic rings. The highest BCUT2D eigenvalue weighted by molar-refractivity contribution is 9.09. The average molecular weight is 325 g/mol. The molecule has 19 heavy (non-hydrogen) atoms. The van der Waals surface area contributed by atoms with Crippen molar-refractivity contribution in [1.29, 1.82) is 0 Å². The lowest BCUT2D eigenvalue weighted by atomic mass is 9.99. The molecule has 1 aromatic rings. The van der Waals surface area contributed by atoms with Gasteiger partial charge in [-0.3, -0.25) is 9.59 Å². The van der Waals surface area contributed by atoms with E-state index in [0.29, 0.717) is 11.9 Å². The van der Waals surface area contributed by atoms with Crippen molar-refractivity contribution in [3.05, 3.63) is 28.8 Å². The van der Waals surface area contributed by atoms with Gasteiger partial charge in [-0.25, -0.2) is 0 Å². The van der Waals surface area contributed by atoms with Crippen LogP contribution in [0.4, 0.5) is 5.69 Å². The van der Waals surface area contributed by atoms with E-state index in [1.165, 1.54) is 6.92 Å². The third-order valence-electron chi connectivity index (χ3n) is 3.36. The Balaban J connectivity index is 2.56. The Morgan fingerprint density at radius 1 is 1.37 bits per heavy atom. The number of carbonyl (C=O) groups is 2. The van der Waals surface area contributed by atoms with Gasteiger partial charge in [-0.2, -0.15) is 0 Å². The van der Waals surface area contributed by atoms with E-state index in [0.717, 1.165) is 22.4 Å². The van der Waals surface area contributed by atoms with Crippen molar-refractivity contribution in [2.45, 2.75) is 26.8 Å². The number of anilines is 1. The molecule has 0 spiro atoms. The molecule has 1 N–H and O–H groups in total. The highest BCUT2D eigenvalue weighted by Gasteiger charge is 2.39. The van der Waals surface area contributed by atoms with E-state index in [-0.39, 0.29) is 11.8 Å². The number of halogens is 1. The molecule has 102 valence electrons. The molecule has 1 atom stereocenters. The zero-order chi connectivity index (χ0) is 14.2. The molecule has 4 nitrogen and oxygen atoms in total. The Morgan fingerprint density at radius 2 is 2.00 bits per heavy atom. The number of fused-ring (bicyclic) bond motifs is 1. The number of carbonyl (C=O) groups excluding carboxylic acids is 2. The number of nitrogens with zero attached hydrogens (tertiary/aromatic N) is 1. The van der Waals surface area contributed by atoms with Gasteiger partial charge < -0.3 is 10.2 Å². The molecule has 1 aromatic carbocycles. The van der Waals surface area contributed by atoms with Crippen molar-refractivity contribution in [3.63, 3.8) is 0 Å². The number of nitrogens with one attached hydrogen (secondary N) is 1. The smallest absolute Gasteiger partial charge is 0.254 e. The molecule has 0 aromatic heterocycles. The van der Waals surface area contributed by atoms with Crippen LogP contribution in [0, 0.1) is 13.8 Å². The zero-order valence-electron chi connectivity index (χ0n) is 11.3.